The standard InChI is InChI=1S/C16H26S/c17-6-2-1-3-10-7-13-9-14(10)16-12-5-4-11(8-12)15(13)16/h10-17H,1-9H2. The maximum absolute atomic E-state index is 4.35. The van der Waals surface area contributed by atoms with E-state index in [-0.39, 0.29) is 0 Å². The van der Waals surface area contributed by atoms with E-state index < -0.39 is 0 Å². The number of thiol groups is 1. The van der Waals surface area contributed by atoms with Crippen molar-refractivity contribution in [1.82, 2.24) is 0 Å². The van der Waals surface area contributed by atoms with Gasteiger partial charge in [-0.15, -0.1) is 0 Å². The van der Waals surface area contributed by atoms with Gasteiger partial charge in [0.05, 0.1) is 0 Å². The summed E-state index contributed by atoms with van der Waals surface area (Å²) in [4.78, 5) is 0. The van der Waals surface area contributed by atoms with Crippen molar-refractivity contribution < 1.29 is 0 Å². The van der Waals surface area contributed by atoms with Crippen molar-refractivity contribution in [2.45, 2.75) is 51.4 Å². The predicted molar refractivity (Wildman–Crippen MR) is 75.2 cm³/mol. The second-order valence-corrected chi connectivity index (χ2v) is 7.81. The van der Waals surface area contributed by atoms with Crippen LogP contribution in [-0.2, 0) is 0 Å². The highest BCUT2D eigenvalue weighted by atomic mass is 32.1. The molecule has 0 aliphatic heterocycles. The summed E-state index contributed by atoms with van der Waals surface area (Å²) in [6, 6.07) is 0. The minimum atomic E-state index is 1.09. The summed E-state index contributed by atoms with van der Waals surface area (Å²) in [5.74, 6) is 9.32. The van der Waals surface area contributed by atoms with E-state index in [1.165, 1.54) is 54.8 Å². The van der Waals surface area contributed by atoms with Gasteiger partial charge in [0.25, 0.3) is 0 Å². The van der Waals surface area contributed by atoms with Crippen molar-refractivity contribution in [3.8, 4) is 0 Å². The fraction of sp³-hybridized carbons (Fsp3) is 1.00. The summed E-state index contributed by atoms with van der Waals surface area (Å²) in [6.07, 6.45) is 12.4. The third-order valence-corrected chi connectivity index (χ3v) is 7.17. The van der Waals surface area contributed by atoms with Crippen molar-refractivity contribution in [1.29, 1.82) is 0 Å². The predicted octanol–water partition coefficient (Wildman–Crippen LogP) is 4.40. The third kappa shape index (κ3) is 1.57. The van der Waals surface area contributed by atoms with Crippen LogP contribution in [0.25, 0.3) is 0 Å². The number of rotatable bonds is 4. The second-order valence-electron chi connectivity index (χ2n) is 7.36. The molecular formula is C16H26S. The molecule has 0 aromatic rings. The van der Waals surface area contributed by atoms with Crippen molar-refractivity contribution in [2.75, 3.05) is 5.75 Å². The fourth-order valence-corrected chi connectivity index (χ4v) is 6.78. The van der Waals surface area contributed by atoms with E-state index in [4.69, 9.17) is 0 Å². The highest BCUT2D eigenvalue weighted by Gasteiger charge is 2.61. The Morgan fingerprint density at radius 3 is 2.47 bits per heavy atom. The van der Waals surface area contributed by atoms with Crippen LogP contribution in [0.15, 0.2) is 0 Å². The smallest absolute Gasteiger partial charge is 0.00979 e. The zero-order valence-corrected chi connectivity index (χ0v) is 11.7. The molecule has 17 heavy (non-hydrogen) atoms. The fourth-order valence-electron chi connectivity index (χ4n) is 6.55. The highest BCUT2D eigenvalue weighted by Crippen LogP contribution is 2.69. The lowest BCUT2D eigenvalue weighted by molar-refractivity contribution is 0.1000. The van der Waals surface area contributed by atoms with Gasteiger partial charge in [-0.1, -0.05) is 12.8 Å². The van der Waals surface area contributed by atoms with Crippen molar-refractivity contribution in [3.05, 3.63) is 0 Å². The van der Waals surface area contributed by atoms with E-state index in [1.54, 1.807) is 32.1 Å². The van der Waals surface area contributed by atoms with Crippen LogP contribution in [-0.4, -0.2) is 5.75 Å². The Hall–Kier alpha value is 0.350. The average molecular weight is 250 g/mol. The molecule has 4 bridgehead atoms. The Bertz CT molecular complexity index is 300. The normalized spacial score (nSPS) is 54.5. The molecule has 4 fully saturated rings. The minimum absolute atomic E-state index is 1.09. The summed E-state index contributed by atoms with van der Waals surface area (Å²) in [6.45, 7) is 0. The molecule has 0 heterocycles. The van der Waals surface area contributed by atoms with Crippen molar-refractivity contribution in [2.24, 2.45) is 41.4 Å². The monoisotopic (exact) mass is 250 g/mol. The number of hydrogen-bond donors (Lipinski definition) is 1. The SMILES string of the molecule is SCCCCC1CC2CC1C1C3CCC(C3)C21. The molecule has 4 aliphatic rings. The summed E-state index contributed by atoms with van der Waals surface area (Å²) in [5.41, 5.74) is 0. The van der Waals surface area contributed by atoms with Gasteiger partial charge in [0.15, 0.2) is 0 Å². The van der Waals surface area contributed by atoms with E-state index in [1.807, 2.05) is 0 Å². The van der Waals surface area contributed by atoms with Crippen LogP contribution in [0, 0.1) is 41.4 Å². The first-order valence-electron chi connectivity index (χ1n) is 7.99. The van der Waals surface area contributed by atoms with E-state index in [0.717, 1.165) is 11.7 Å². The maximum Gasteiger partial charge on any atom is -0.00979 e. The van der Waals surface area contributed by atoms with Gasteiger partial charge in [0, 0.05) is 0 Å². The number of hydrogen-bond acceptors (Lipinski definition) is 1. The average Bonchev–Trinajstić information content (AvgIpc) is 3.07. The van der Waals surface area contributed by atoms with E-state index in [2.05, 4.69) is 12.6 Å². The lowest BCUT2D eigenvalue weighted by Crippen LogP contribution is -2.32. The third-order valence-electron chi connectivity index (χ3n) is 6.85. The molecule has 1 heteroatoms. The molecule has 0 N–H and O–H groups in total. The summed E-state index contributed by atoms with van der Waals surface area (Å²) in [5, 5.41) is 0. The lowest BCUT2D eigenvalue weighted by Gasteiger charge is -2.38. The van der Waals surface area contributed by atoms with Crippen molar-refractivity contribution in [3.63, 3.8) is 0 Å². The Kier molecular flexibility index (Phi) is 2.76. The maximum atomic E-state index is 4.35. The minimum Gasteiger partial charge on any atom is -0.179 e. The van der Waals surface area contributed by atoms with Gasteiger partial charge in [0.1, 0.15) is 0 Å². The molecule has 0 amide bonds. The molecule has 4 rings (SSSR count). The van der Waals surface area contributed by atoms with Crippen LogP contribution in [0.2, 0.25) is 0 Å². The Morgan fingerprint density at radius 2 is 1.65 bits per heavy atom. The molecule has 0 saturated heterocycles. The quantitative estimate of drug-likeness (QED) is 0.426. The lowest BCUT2D eigenvalue weighted by atomic mass is 9.66. The number of unbranched alkanes of at least 4 members (excludes halogenated alkanes) is 1. The van der Waals surface area contributed by atoms with Gasteiger partial charge < -0.3 is 0 Å². The molecule has 0 radical (unpaired) electrons. The van der Waals surface area contributed by atoms with E-state index in [9.17, 15) is 0 Å². The first-order valence-corrected chi connectivity index (χ1v) is 8.62. The molecule has 7 atom stereocenters. The molecule has 0 aromatic heterocycles. The highest BCUT2D eigenvalue weighted by molar-refractivity contribution is 7.80. The van der Waals surface area contributed by atoms with E-state index >= 15 is 0 Å². The zero-order valence-electron chi connectivity index (χ0n) is 10.9. The summed E-state index contributed by atoms with van der Waals surface area (Å²) >= 11 is 4.35. The zero-order chi connectivity index (χ0) is 11.4. The van der Waals surface area contributed by atoms with Gasteiger partial charge in [-0.3, -0.25) is 0 Å². The molecule has 0 spiro atoms. The van der Waals surface area contributed by atoms with Crippen LogP contribution >= 0.6 is 12.6 Å². The summed E-state index contributed by atoms with van der Waals surface area (Å²) < 4.78 is 0. The molecule has 7 unspecified atom stereocenters. The van der Waals surface area contributed by atoms with Crippen LogP contribution in [0.4, 0.5) is 0 Å². The van der Waals surface area contributed by atoms with Gasteiger partial charge >= 0.3 is 0 Å². The first-order chi connectivity index (χ1) is 8.38. The van der Waals surface area contributed by atoms with Gasteiger partial charge in [-0.2, -0.15) is 12.6 Å². The van der Waals surface area contributed by atoms with E-state index in [0.29, 0.717) is 0 Å². The molecule has 96 valence electrons. The Balaban J connectivity index is 1.44. The van der Waals surface area contributed by atoms with Gasteiger partial charge in [0.2, 0.25) is 0 Å². The molecule has 4 saturated carbocycles. The van der Waals surface area contributed by atoms with Gasteiger partial charge in [-0.25, -0.2) is 0 Å². The number of fused-ring (bicyclic) bond motifs is 9. The topological polar surface area (TPSA) is 0 Å². The Morgan fingerprint density at radius 1 is 0.824 bits per heavy atom. The summed E-state index contributed by atoms with van der Waals surface area (Å²) in [7, 11) is 0. The largest absolute Gasteiger partial charge is 0.179 e. The Labute approximate surface area is 111 Å². The van der Waals surface area contributed by atoms with Crippen molar-refractivity contribution >= 4 is 12.6 Å². The van der Waals surface area contributed by atoms with Crippen LogP contribution in [0.5, 0.6) is 0 Å². The second kappa shape index (κ2) is 4.18. The van der Waals surface area contributed by atoms with Crippen LogP contribution in [0.3, 0.4) is 0 Å². The molecule has 4 aliphatic carbocycles. The first kappa shape index (κ1) is 11.2. The van der Waals surface area contributed by atoms with Crippen LogP contribution < -0.4 is 0 Å². The molecule has 0 aromatic carbocycles. The molecule has 0 nitrogen and oxygen atoms in total. The molecular weight excluding hydrogens is 224 g/mol. The van der Waals surface area contributed by atoms with Gasteiger partial charge in [-0.05, 0) is 85.7 Å². The van der Waals surface area contributed by atoms with Crippen LogP contribution in [0.1, 0.15) is 51.4 Å².